The Morgan fingerprint density at radius 3 is 2.40 bits per heavy atom. The topological polar surface area (TPSA) is 0 Å². The summed E-state index contributed by atoms with van der Waals surface area (Å²) in [5.74, 6) is 0. The molecule has 1 atom stereocenters. The molecule has 2 heteroatoms. The second kappa shape index (κ2) is 5.99. The van der Waals surface area contributed by atoms with Crippen LogP contribution in [0, 0.1) is 0 Å². The van der Waals surface area contributed by atoms with Crippen molar-refractivity contribution < 1.29 is 0 Å². The quantitative estimate of drug-likeness (QED) is 0.498. The first kappa shape index (κ1) is 13.7. The van der Waals surface area contributed by atoms with E-state index in [1.165, 1.54) is 21.9 Å². The van der Waals surface area contributed by atoms with Crippen LogP contribution in [0.4, 0.5) is 0 Å². The summed E-state index contributed by atoms with van der Waals surface area (Å²) in [7, 11) is 0. The first-order valence-corrected chi connectivity index (χ1v) is 7.90. The maximum absolute atomic E-state index is 6.25. The summed E-state index contributed by atoms with van der Waals surface area (Å²) in [5, 5.41) is 3.40. The standard InChI is InChI=1S/C18H14BrCl/c19-17(12-14-7-2-4-11-18(14)20)16-10-5-8-13-6-1-3-9-15(13)16/h1-11,17H,12H2. The number of hydrogen-bond donors (Lipinski definition) is 0. The van der Waals surface area contributed by atoms with Crippen molar-refractivity contribution in [3.8, 4) is 0 Å². The zero-order valence-corrected chi connectivity index (χ0v) is 13.2. The summed E-state index contributed by atoms with van der Waals surface area (Å²) < 4.78 is 0. The summed E-state index contributed by atoms with van der Waals surface area (Å²) in [6.07, 6.45) is 0.883. The van der Waals surface area contributed by atoms with Gasteiger partial charge in [-0.15, -0.1) is 0 Å². The zero-order chi connectivity index (χ0) is 13.9. The first-order valence-electron chi connectivity index (χ1n) is 6.61. The van der Waals surface area contributed by atoms with Crippen molar-refractivity contribution in [1.29, 1.82) is 0 Å². The number of alkyl halides is 1. The van der Waals surface area contributed by atoms with Crippen molar-refractivity contribution in [1.82, 2.24) is 0 Å². The summed E-state index contributed by atoms with van der Waals surface area (Å²) in [5.41, 5.74) is 2.48. The summed E-state index contributed by atoms with van der Waals surface area (Å²) in [6, 6.07) is 22.9. The van der Waals surface area contributed by atoms with Gasteiger partial charge in [-0.2, -0.15) is 0 Å². The Hall–Kier alpha value is -1.31. The molecule has 0 spiro atoms. The van der Waals surface area contributed by atoms with Crippen LogP contribution in [0.5, 0.6) is 0 Å². The molecule has 0 amide bonds. The lowest BCUT2D eigenvalue weighted by molar-refractivity contribution is 0.958. The number of halogens is 2. The van der Waals surface area contributed by atoms with Crippen molar-refractivity contribution in [3.63, 3.8) is 0 Å². The van der Waals surface area contributed by atoms with Gasteiger partial charge < -0.3 is 0 Å². The molecule has 0 aromatic heterocycles. The van der Waals surface area contributed by atoms with E-state index in [9.17, 15) is 0 Å². The summed E-state index contributed by atoms with van der Waals surface area (Å²) in [6.45, 7) is 0. The lowest BCUT2D eigenvalue weighted by Gasteiger charge is -2.14. The Labute approximate surface area is 132 Å². The van der Waals surface area contributed by atoms with Gasteiger partial charge in [0.1, 0.15) is 0 Å². The van der Waals surface area contributed by atoms with E-state index in [2.05, 4.69) is 64.5 Å². The highest BCUT2D eigenvalue weighted by Gasteiger charge is 2.13. The van der Waals surface area contributed by atoms with Crippen LogP contribution in [0.1, 0.15) is 16.0 Å². The smallest absolute Gasteiger partial charge is 0.0442 e. The Morgan fingerprint density at radius 2 is 1.55 bits per heavy atom. The van der Waals surface area contributed by atoms with Gasteiger partial charge >= 0.3 is 0 Å². The molecule has 0 N–H and O–H groups in total. The van der Waals surface area contributed by atoms with Gasteiger partial charge in [0.15, 0.2) is 0 Å². The summed E-state index contributed by atoms with van der Waals surface area (Å²) >= 11 is 10.1. The molecule has 0 saturated heterocycles. The average molecular weight is 346 g/mol. The lowest BCUT2D eigenvalue weighted by atomic mass is 9.98. The molecule has 0 fully saturated rings. The fourth-order valence-electron chi connectivity index (χ4n) is 2.49. The Bertz CT molecular complexity index is 731. The van der Waals surface area contributed by atoms with E-state index in [4.69, 9.17) is 11.6 Å². The molecule has 100 valence electrons. The number of fused-ring (bicyclic) bond motifs is 1. The third-order valence-electron chi connectivity index (χ3n) is 3.52. The van der Waals surface area contributed by atoms with E-state index in [0.717, 1.165) is 11.4 Å². The Morgan fingerprint density at radius 1 is 0.850 bits per heavy atom. The van der Waals surface area contributed by atoms with Gasteiger partial charge in [-0.1, -0.05) is 88.2 Å². The molecule has 3 aromatic rings. The molecule has 0 radical (unpaired) electrons. The van der Waals surface area contributed by atoms with Gasteiger partial charge in [0.25, 0.3) is 0 Å². The monoisotopic (exact) mass is 344 g/mol. The van der Waals surface area contributed by atoms with Crippen LogP contribution < -0.4 is 0 Å². The summed E-state index contributed by atoms with van der Waals surface area (Å²) in [4.78, 5) is 0.258. The van der Waals surface area contributed by atoms with Gasteiger partial charge in [-0.25, -0.2) is 0 Å². The minimum atomic E-state index is 0.258. The second-order valence-corrected chi connectivity index (χ2v) is 6.34. The SMILES string of the molecule is Clc1ccccc1CC(Br)c1cccc2ccccc12. The molecule has 0 saturated carbocycles. The highest BCUT2D eigenvalue weighted by molar-refractivity contribution is 9.09. The van der Waals surface area contributed by atoms with E-state index in [1.807, 2.05) is 18.2 Å². The van der Waals surface area contributed by atoms with Crippen molar-refractivity contribution >= 4 is 38.3 Å². The van der Waals surface area contributed by atoms with Gasteiger partial charge in [-0.05, 0) is 34.4 Å². The fourth-order valence-corrected chi connectivity index (χ4v) is 3.45. The predicted octanol–water partition coefficient (Wildman–Crippen LogP) is 6.17. The largest absolute Gasteiger partial charge is 0.0840 e. The van der Waals surface area contributed by atoms with Crippen LogP contribution in [0.3, 0.4) is 0 Å². The molecule has 0 aliphatic carbocycles. The maximum Gasteiger partial charge on any atom is 0.0442 e. The second-order valence-electron chi connectivity index (χ2n) is 4.83. The molecule has 0 nitrogen and oxygen atoms in total. The lowest BCUT2D eigenvalue weighted by Crippen LogP contribution is -1.97. The molecular formula is C18H14BrCl. The number of rotatable bonds is 3. The van der Waals surface area contributed by atoms with Crippen molar-refractivity contribution in [3.05, 3.63) is 82.9 Å². The molecule has 3 rings (SSSR count). The van der Waals surface area contributed by atoms with Crippen LogP contribution in [0.15, 0.2) is 66.7 Å². The Balaban J connectivity index is 1.97. The average Bonchev–Trinajstić information content (AvgIpc) is 2.49. The highest BCUT2D eigenvalue weighted by Crippen LogP contribution is 2.34. The van der Waals surface area contributed by atoms with E-state index in [1.54, 1.807) is 0 Å². The zero-order valence-electron chi connectivity index (χ0n) is 10.9. The normalized spacial score (nSPS) is 12.5. The molecule has 0 aliphatic rings. The number of hydrogen-bond acceptors (Lipinski definition) is 0. The number of benzene rings is 3. The van der Waals surface area contributed by atoms with Crippen LogP contribution in [-0.2, 0) is 6.42 Å². The first-order chi connectivity index (χ1) is 9.75. The van der Waals surface area contributed by atoms with Gasteiger partial charge in [0, 0.05) is 9.85 Å². The Kier molecular flexibility index (Phi) is 4.09. The molecule has 20 heavy (non-hydrogen) atoms. The third-order valence-corrected chi connectivity index (χ3v) is 4.70. The van der Waals surface area contributed by atoms with E-state index >= 15 is 0 Å². The molecule has 0 aliphatic heterocycles. The maximum atomic E-state index is 6.25. The van der Waals surface area contributed by atoms with E-state index in [0.29, 0.717) is 0 Å². The van der Waals surface area contributed by atoms with Gasteiger partial charge in [0.05, 0.1) is 0 Å². The predicted molar refractivity (Wildman–Crippen MR) is 90.8 cm³/mol. The van der Waals surface area contributed by atoms with E-state index in [-0.39, 0.29) is 4.83 Å². The minimum absolute atomic E-state index is 0.258. The van der Waals surface area contributed by atoms with Crippen LogP contribution >= 0.6 is 27.5 Å². The molecular weight excluding hydrogens is 332 g/mol. The highest BCUT2D eigenvalue weighted by atomic mass is 79.9. The van der Waals surface area contributed by atoms with Crippen LogP contribution in [0.2, 0.25) is 5.02 Å². The molecule has 1 unspecified atom stereocenters. The van der Waals surface area contributed by atoms with Crippen LogP contribution in [-0.4, -0.2) is 0 Å². The van der Waals surface area contributed by atoms with Crippen molar-refractivity contribution in [2.75, 3.05) is 0 Å². The van der Waals surface area contributed by atoms with Gasteiger partial charge in [0.2, 0.25) is 0 Å². The minimum Gasteiger partial charge on any atom is -0.0840 e. The van der Waals surface area contributed by atoms with Crippen molar-refractivity contribution in [2.24, 2.45) is 0 Å². The third kappa shape index (κ3) is 2.74. The molecule has 0 heterocycles. The van der Waals surface area contributed by atoms with Crippen molar-refractivity contribution in [2.45, 2.75) is 11.2 Å². The fraction of sp³-hybridized carbons (Fsp3) is 0.111. The van der Waals surface area contributed by atoms with Crippen LogP contribution in [0.25, 0.3) is 10.8 Å². The molecule has 3 aromatic carbocycles. The van der Waals surface area contributed by atoms with Gasteiger partial charge in [-0.3, -0.25) is 0 Å². The van der Waals surface area contributed by atoms with E-state index < -0.39 is 0 Å². The molecule has 0 bridgehead atoms.